The second-order valence-electron chi connectivity index (χ2n) is 7.58. The van der Waals surface area contributed by atoms with E-state index in [1.165, 1.54) is 12.5 Å². The van der Waals surface area contributed by atoms with E-state index in [9.17, 15) is 4.79 Å². The Hall–Kier alpha value is 0.460. The molecule has 2 aliphatic rings. The van der Waals surface area contributed by atoms with Crippen molar-refractivity contribution in [3.63, 3.8) is 0 Å². The van der Waals surface area contributed by atoms with Crippen LogP contribution in [0.3, 0.4) is 0 Å². The van der Waals surface area contributed by atoms with Crippen molar-refractivity contribution in [1.29, 1.82) is 0 Å². The van der Waals surface area contributed by atoms with Gasteiger partial charge in [0.2, 0.25) is 0 Å². The molecule has 0 aliphatic heterocycles. The minimum Gasteiger partial charge on any atom is -0.457 e. The van der Waals surface area contributed by atoms with Crippen LogP contribution < -0.4 is 0 Å². The first kappa shape index (κ1) is 18.8. The molecule has 0 heterocycles. The Bertz CT molecular complexity index is 501. The summed E-state index contributed by atoms with van der Waals surface area (Å²) < 4.78 is 5.51. The molecule has 0 aromatic heterocycles. The molecule has 0 bridgehead atoms. The van der Waals surface area contributed by atoms with Gasteiger partial charge in [0.1, 0.15) is 6.10 Å². The summed E-state index contributed by atoms with van der Waals surface area (Å²) in [5.74, 6) is -0.236. The van der Waals surface area contributed by atoms with E-state index in [4.69, 9.17) is 16.3 Å². The Morgan fingerprint density at radius 3 is 2.41 bits per heavy atom. The lowest BCUT2D eigenvalue weighted by Crippen LogP contribution is -2.57. The van der Waals surface area contributed by atoms with Crippen LogP contribution in [0.4, 0.5) is 0 Å². The lowest BCUT2D eigenvalue weighted by atomic mass is 9.50. The van der Waals surface area contributed by atoms with Crippen LogP contribution >= 0.6 is 43.5 Å². The number of hydrogen-bond acceptors (Lipinski definition) is 2. The molecule has 5 heteroatoms. The fraction of sp³-hybridized carbons (Fsp3) is 0.824. The number of carbonyl (C=O) groups excluding carboxylic acids is 1. The van der Waals surface area contributed by atoms with Crippen LogP contribution in [0.1, 0.15) is 53.9 Å². The molecule has 2 nitrogen and oxygen atoms in total. The van der Waals surface area contributed by atoms with Gasteiger partial charge >= 0.3 is 5.97 Å². The van der Waals surface area contributed by atoms with Crippen molar-refractivity contribution in [3.05, 3.63) is 11.6 Å². The summed E-state index contributed by atoms with van der Waals surface area (Å²) in [6.07, 6.45) is 4.94. The molecule has 0 saturated heterocycles. The highest BCUT2D eigenvalue weighted by Crippen LogP contribution is 2.63. The predicted octanol–water partition coefficient (Wildman–Crippen LogP) is 5.60. The molecule has 2 rings (SSSR count). The van der Waals surface area contributed by atoms with Crippen molar-refractivity contribution in [1.82, 2.24) is 0 Å². The molecule has 0 aromatic rings. The van der Waals surface area contributed by atoms with Crippen LogP contribution in [0.15, 0.2) is 11.6 Å². The number of alkyl halides is 3. The molecule has 1 spiro atoms. The number of ether oxygens (including phenoxy) is 1. The lowest BCUT2D eigenvalue weighted by Gasteiger charge is -2.59. The molecule has 2 aliphatic carbocycles. The van der Waals surface area contributed by atoms with Gasteiger partial charge in [0, 0.05) is 11.8 Å². The highest BCUT2D eigenvalue weighted by Gasteiger charge is 2.58. The maximum atomic E-state index is 11.4. The number of rotatable bonds is 1. The maximum Gasteiger partial charge on any atom is 0.303 e. The van der Waals surface area contributed by atoms with E-state index in [1.807, 2.05) is 0 Å². The highest BCUT2D eigenvalue weighted by atomic mass is 79.9. The third-order valence-corrected chi connectivity index (χ3v) is 9.62. The highest BCUT2D eigenvalue weighted by molar-refractivity contribution is 9.09. The molecule has 22 heavy (non-hydrogen) atoms. The molecule has 0 aromatic carbocycles. The van der Waals surface area contributed by atoms with Crippen LogP contribution in [-0.4, -0.2) is 26.6 Å². The second-order valence-corrected chi connectivity index (χ2v) is 10.5. The van der Waals surface area contributed by atoms with Crippen molar-refractivity contribution >= 4 is 49.4 Å². The molecule has 0 amide bonds. The normalized spacial score (nSPS) is 44.5. The fourth-order valence-electron chi connectivity index (χ4n) is 4.14. The third-order valence-electron chi connectivity index (χ3n) is 5.90. The van der Waals surface area contributed by atoms with Crippen LogP contribution in [0, 0.1) is 10.8 Å². The van der Waals surface area contributed by atoms with Crippen molar-refractivity contribution in [2.75, 3.05) is 0 Å². The van der Waals surface area contributed by atoms with Crippen molar-refractivity contribution < 1.29 is 9.53 Å². The topological polar surface area (TPSA) is 26.3 Å². The molecule has 126 valence electrons. The summed E-state index contributed by atoms with van der Waals surface area (Å²) in [7, 11) is 0. The van der Waals surface area contributed by atoms with Gasteiger partial charge in [-0.25, -0.2) is 0 Å². The van der Waals surface area contributed by atoms with Crippen molar-refractivity contribution in [2.24, 2.45) is 10.8 Å². The molecule has 1 saturated carbocycles. The third kappa shape index (κ3) is 2.93. The summed E-state index contributed by atoms with van der Waals surface area (Å²) in [4.78, 5) is 11.5. The largest absolute Gasteiger partial charge is 0.457 e. The average molecular weight is 457 g/mol. The molecule has 5 unspecified atom stereocenters. The van der Waals surface area contributed by atoms with E-state index < -0.39 is 0 Å². The van der Waals surface area contributed by atoms with E-state index in [1.54, 1.807) is 0 Å². The molecule has 1 fully saturated rings. The number of allylic oxidation sites excluding steroid dienone is 1. The molecule has 0 radical (unpaired) electrons. The molecular formula is C17H25Br2ClO2. The zero-order valence-corrected chi connectivity index (χ0v) is 17.8. The van der Waals surface area contributed by atoms with E-state index in [-0.39, 0.29) is 37.4 Å². The summed E-state index contributed by atoms with van der Waals surface area (Å²) in [5.41, 5.74) is 1.35. The first-order chi connectivity index (χ1) is 9.94. The van der Waals surface area contributed by atoms with E-state index in [0.717, 1.165) is 19.3 Å². The Kier molecular flexibility index (Phi) is 5.19. The Morgan fingerprint density at radius 2 is 1.91 bits per heavy atom. The van der Waals surface area contributed by atoms with E-state index in [0.29, 0.717) is 0 Å². The van der Waals surface area contributed by atoms with Gasteiger partial charge in [0.05, 0.1) is 9.70 Å². The van der Waals surface area contributed by atoms with Crippen molar-refractivity contribution in [3.8, 4) is 0 Å². The minimum atomic E-state index is -0.236. The number of carbonyl (C=O) groups is 1. The van der Waals surface area contributed by atoms with Crippen LogP contribution in [-0.2, 0) is 9.53 Å². The van der Waals surface area contributed by atoms with Gasteiger partial charge in [0.15, 0.2) is 0 Å². The average Bonchev–Trinajstić information content (AvgIpc) is 2.38. The maximum absolute atomic E-state index is 11.4. The van der Waals surface area contributed by atoms with Gasteiger partial charge in [-0.2, -0.15) is 0 Å². The predicted molar refractivity (Wildman–Crippen MR) is 99.1 cm³/mol. The first-order valence-electron chi connectivity index (χ1n) is 7.77. The lowest BCUT2D eigenvalue weighted by molar-refractivity contribution is -0.146. The van der Waals surface area contributed by atoms with Crippen molar-refractivity contribution in [2.45, 2.75) is 74.5 Å². The van der Waals surface area contributed by atoms with Gasteiger partial charge in [-0.3, -0.25) is 4.79 Å². The Labute approximate surface area is 155 Å². The first-order valence-corrected chi connectivity index (χ1v) is 9.98. The standard InChI is InChI=1S/C17H25Br2ClO2/c1-10-8-12(22-11(2)21)14(19)15(3,4)17(10)7-6-16(5,20)13(18)9-17/h8,12-14H,6-7,9H2,1-5H3. The minimum absolute atomic E-state index is 0.0364. The van der Waals surface area contributed by atoms with Crippen LogP contribution in [0.5, 0.6) is 0 Å². The van der Waals surface area contributed by atoms with E-state index >= 15 is 0 Å². The molecule has 5 atom stereocenters. The summed E-state index contributed by atoms with van der Waals surface area (Å²) in [6, 6.07) is 0. The zero-order chi connectivity index (χ0) is 16.9. The summed E-state index contributed by atoms with van der Waals surface area (Å²) >= 11 is 14.3. The van der Waals surface area contributed by atoms with Gasteiger partial charge in [0.25, 0.3) is 0 Å². The number of halogens is 3. The number of hydrogen-bond donors (Lipinski definition) is 0. The smallest absolute Gasteiger partial charge is 0.303 e. The van der Waals surface area contributed by atoms with Crippen LogP contribution in [0.25, 0.3) is 0 Å². The van der Waals surface area contributed by atoms with Gasteiger partial charge in [-0.1, -0.05) is 51.3 Å². The fourth-order valence-corrected chi connectivity index (χ4v) is 5.79. The Morgan fingerprint density at radius 1 is 1.32 bits per heavy atom. The SMILES string of the molecule is CC(=O)OC1C=C(C)C2(CCC(C)(Cl)C(Br)C2)C(C)(C)C1Br. The monoisotopic (exact) mass is 454 g/mol. The number of esters is 1. The molecule has 0 N–H and O–H groups in total. The van der Waals surface area contributed by atoms with Gasteiger partial charge < -0.3 is 4.74 Å². The van der Waals surface area contributed by atoms with Gasteiger partial charge in [-0.15, -0.1) is 11.6 Å². The van der Waals surface area contributed by atoms with E-state index in [2.05, 4.69) is 65.6 Å². The summed E-state index contributed by atoms with van der Waals surface area (Å²) in [5, 5.41) is 0. The quantitative estimate of drug-likeness (QED) is 0.292. The van der Waals surface area contributed by atoms with Crippen LogP contribution in [0.2, 0.25) is 0 Å². The Balaban J connectivity index is 2.42. The molecular weight excluding hydrogens is 431 g/mol. The zero-order valence-electron chi connectivity index (χ0n) is 13.9. The summed E-state index contributed by atoms with van der Waals surface area (Å²) in [6.45, 7) is 10.3. The van der Waals surface area contributed by atoms with Gasteiger partial charge in [-0.05, 0) is 50.0 Å². The second kappa shape index (κ2) is 6.07.